The molecule has 0 aromatic heterocycles. The molecular weight excluding hydrogens is 242 g/mol. The maximum absolute atomic E-state index is 11.6. The summed E-state index contributed by atoms with van der Waals surface area (Å²) >= 11 is 0. The minimum Gasteiger partial charge on any atom is -0.596 e. The van der Waals surface area contributed by atoms with Crippen LogP contribution in [0.1, 0.15) is 51.9 Å². The van der Waals surface area contributed by atoms with E-state index in [-0.39, 0.29) is 17.7 Å². The summed E-state index contributed by atoms with van der Waals surface area (Å²) in [7, 11) is 0. The Morgan fingerprint density at radius 1 is 1.47 bits per heavy atom. The second-order valence-electron chi connectivity index (χ2n) is 5.23. The number of hydrogen-bond donors (Lipinski definition) is 3. The van der Waals surface area contributed by atoms with Crippen molar-refractivity contribution in [2.24, 2.45) is 11.7 Å². The Labute approximate surface area is 114 Å². The Kier molecular flexibility index (Phi) is 6.56. The number of allylic oxidation sites excluding steroid dienone is 1. The number of amides is 1. The summed E-state index contributed by atoms with van der Waals surface area (Å²) in [6.45, 7) is 1.96. The van der Waals surface area contributed by atoms with E-state index >= 15 is 0 Å². The van der Waals surface area contributed by atoms with Crippen molar-refractivity contribution in [1.29, 1.82) is 5.41 Å². The van der Waals surface area contributed by atoms with E-state index in [9.17, 15) is 4.79 Å². The third-order valence-electron chi connectivity index (χ3n) is 3.54. The molecule has 0 radical (unpaired) electrons. The summed E-state index contributed by atoms with van der Waals surface area (Å²) in [5, 5.41) is 18.1. The molecule has 1 rings (SSSR count). The van der Waals surface area contributed by atoms with Gasteiger partial charge in [0.05, 0.1) is 18.0 Å². The molecular formula is C14H26N3O2+. The number of nitrogens with two attached hydrogens (primary N) is 1. The Morgan fingerprint density at radius 2 is 2.11 bits per heavy atom. The van der Waals surface area contributed by atoms with Crippen LogP contribution in [0.3, 0.4) is 0 Å². The van der Waals surface area contributed by atoms with E-state index in [0.717, 1.165) is 32.1 Å². The number of carbonyl (C=O) groups is 1. The lowest BCUT2D eigenvalue weighted by atomic mass is 9.87. The van der Waals surface area contributed by atoms with Crippen LogP contribution in [0.4, 0.5) is 0 Å². The fraction of sp³-hybridized carbons (Fsp3) is 0.714. The van der Waals surface area contributed by atoms with Gasteiger partial charge in [0.1, 0.15) is 5.84 Å². The van der Waals surface area contributed by atoms with Crippen molar-refractivity contribution >= 4 is 11.7 Å². The molecule has 19 heavy (non-hydrogen) atoms. The fourth-order valence-corrected chi connectivity index (χ4v) is 2.39. The van der Waals surface area contributed by atoms with Crippen molar-refractivity contribution in [3.8, 4) is 0 Å². The van der Waals surface area contributed by atoms with Gasteiger partial charge in [0.25, 0.3) is 0 Å². The molecule has 1 aliphatic rings. The first-order valence-corrected chi connectivity index (χ1v) is 7.12. The van der Waals surface area contributed by atoms with Crippen molar-refractivity contribution in [3.63, 3.8) is 0 Å². The van der Waals surface area contributed by atoms with Crippen LogP contribution >= 0.6 is 0 Å². The third-order valence-corrected chi connectivity index (χ3v) is 3.54. The van der Waals surface area contributed by atoms with Gasteiger partial charge in [-0.2, -0.15) is 0 Å². The standard InChI is InChI=1S/C14H25N3O2/c1-2-6-11(15)14(19)17-13(16)9-12(18)10-7-4-3-5-8-10/h9-11,18H,2-8,15H2,1H3,(H2,16,17,19)/p+1/b12-9-/t11-/m0/s1. The summed E-state index contributed by atoms with van der Waals surface area (Å²) in [4.78, 5) is 11.6. The maximum Gasteiger partial charge on any atom is 0.242 e. The normalized spacial score (nSPS) is 18.9. The fourth-order valence-electron chi connectivity index (χ4n) is 2.39. The molecule has 5 heteroatoms. The zero-order chi connectivity index (χ0) is 14.3. The van der Waals surface area contributed by atoms with Crippen LogP contribution in [-0.2, 0) is 4.79 Å². The largest absolute Gasteiger partial charge is 0.596 e. The molecule has 0 aromatic carbocycles. The van der Waals surface area contributed by atoms with E-state index in [1.165, 1.54) is 12.5 Å². The highest BCUT2D eigenvalue weighted by molar-refractivity contribution is 6.04. The highest BCUT2D eigenvalue weighted by atomic mass is 16.3. The molecule has 1 aliphatic carbocycles. The van der Waals surface area contributed by atoms with E-state index in [1.54, 1.807) is 0 Å². The molecule has 1 amide bonds. The lowest BCUT2D eigenvalue weighted by molar-refractivity contribution is -0.121. The summed E-state index contributed by atoms with van der Waals surface area (Å²) in [6, 6.07) is -0.567. The summed E-state index contributed by atoms with van der Waals surface area (Å²) in [5.41, 5.74) is 5.67. The number of nitrogens with one attached hydrogen (secondary N) is 2. The second-order valence-corrected chi connectivity index (χ2v) is 5.23. The highest BCUT2D eigenvalue weighted by Gasteiger charge is 2.22. The molecule has 1 fully saturated rings. The van der Waals surface area contributed by atoms with Gasteiger partial charge in [-0.3, -0.25) is 10.2 Å². The molecule has 0 bridgehead atoms. The van der Waals surface area contributed by atoms with Crippen molar-refractivity contribution in [1.82, 2.24) is 5.32 Å². The molecule has 0 heterocycles. The zero-order valence-electron chi connectivity index (χ0n) is 11.7. The molecule has 0 unspecified atom stereocenters. The van der Waals surface area contributed by atoms with Gasteiger partial charge in [0, 0.05) is 0 Å². The molecule has 0 aliphatic heterocycles. The van der Waals surface area contributed by atoms with Crippen molar-refractivity contribution in [2.45, 2.75) is 57.9 Å². The molecule has 0 aromatic rings. The van der Waals surface area contributed by atoms with E-state index in [2.05, 4.69) is 5.32 Å². The van der Waals surface area contributed by atoms with E-state index < -0.39 is 6.04 Å². The first kappa shape index (κ1) is 15.7. The Bertz CT molecular complexity index is 347. The summed E-state index contributed by atoms with van der Waals surface area (Å²) < 4.78 is 0. The molecule has 0 saturated heterocycles. The van der Waals surface area contributed by atoms with Crippen LogP contribution in [0.5, 0.6) is 0 Å². The Hall–Kier alpha value is -1.36. The number of carbonyl (C=O) groups excluding carboxylic acids is 1. The quantitative estimate of drug-likeness (QED) is 0.304. The van der Waals surface area contributed by atoms with Crippen LogP contribution in [0.25, 0.3) is 0 Å². The molecule has 1 saturated carbocycles. The van der Waals surface area contributed by atoms with Gasteiger partial charge in [-0.15, -0.1) is 0 Å². The molecule has 108 valence electrons. The average Bonchev–Trinajstić information content (AvgIpc) is 2.39. The van der Waals surface area contributed by atoms with E-state index in [1.807, 2.05) is 6.92 Å². The molecule has 0 spiro atoms. The molecule has 5 nitrogen and oxygen atoms in total. The van der Waals surface area contributed by atoms with Crippen LogP contribution in [0.15, 0.2) is 11.8 Å². The lowest BCUT2D eigenvalue weighted by Gasteiger charge is -2.18. The van der Waals surface area contributed by atoms with Gasteiger partial charge in [-0.1, -0.05) is 32.6 Å². The number of hydrogen-bond acceptors (Lipinski definition) is 3. The number of rotatable bonds is 5. The van der Waals surface area contributed by atoms with Gasteiger partial charge >= 0.3 is 0 Å². The number of amidine groups is 1. The van der Waals surface area contributed by atoms with Gasteiger partial charge in [0.2, 0.25) is 11.7 Å². The van der Waals surface area contributed by atoms with Crippen LogP contribution in [-0.4, -0.2) is 22.9 Å². The Morgan fingerprint density at radius 3 is 2.68 bits per heavy atom. The lowest BCUT2D eigenvalue weighted by Crippen LogP contribution is -2.42. The smallest absolute Gasteiger partial charge is 0.242 e. The topological polar surface area (TPSA) is 102 Å². The minimum atomic E-state index is -0.567. The van der Waals surface area contributed by atoms with E-state index in [4.69, 9.17) is 16.2 Å². The van der Waals surface area contributed by atoms with Crippen molar-refractivity contribution in [3.05, 3.63) is 11.8 Å². The van der Waals surface area contributed by atoms with Gasteiger partial charge < -0.3 is 16.2 Å². The zero-order valence-corrected chi connectivity index (χ0v) is 11.7. The maximum atomic E-state index is 11.6. The van der Waals surface area contributed by atoms with Crippen LogP contribution in [0, 0.1) is 11.3 Å². The monoisotopic (exact) mass is 268 g/mol. The van der Waals surface area contributed by atoms with Gasteiger partial charge in [0.15, 0.2) is 0 Å². The predicted octanol–water partition coefficient (Wildman–Crippen LogP) is 1.40. The van der Waals surface area contributed by atoms with E-state index in [0.29, 0.717) is 12.2 Å². The molecule has 1 atom stereocenters. The summed E-state index contributed by atoms with van der Waals surface area (Å²) in [5.74, 6) is 0.344. The van der Waals surface area contributed by atoms with Crippen LogP contribution < -0.4 is 11.1 Å². The van der Waals surface area contributed by atoms with Crippen molar-refractivity contribution in [2.75, 3.05) is 0 Å². The third kappa shape index (κ3) is 5.42. The minimum absolute atomic E-state index is 0.0212. The predicted molar refractivity (Wildman–Crippen MR) is 77.0 cm³/mol. The first-order chi connectivity index (χ1) is 9.04. The summed E-state index contributed by atoms with van der Waals surface area (Å²) in [6.07, 6.45) is 8.49. The Balaban J connectivity index is 2.46. The average molecular weight is 268 g/mol. The van der Waals surface area contributed by atoms with Gasteiger partial charge in [-0.05, 0) is 19.3 Å². The van der Waals surface area contributed by atoms with Crippen LogP contribution in [0.2, 0.25) is 0 Å². The van der Waals surface area contributed by atoms with Crippen molar-refractivity contribution < 1.29 is 9.90 Å². The highest BCUT2D eigenvalue weighted by Crippen LogP contribution is 2.28. The molecule has 6 N–H and O–H groups in total. The second kappa shape index (κ2) is 7.94. The first-order valence-electron chi connectivity index (χ1n) is 7.12. The van der Waals surface area contributed by atoms with Gasteiger partial charge in [-0.25, -0.2) is 0 Å². The SMILES string of the molecule is CCC[C@H](N)C(=O)NC(=N)/C=C(\[OH2+])C1CCCCC1.